The van der Waals surface area contributed by atoms with E-state index < -0.39 is 22.7 Å². The van der Waals surface area contributed by atoms with Crippen LogP contribution in [0.2, 0.25) is 0 Å². The number of alkyl halides is 3. The van der Waals surface area contributed by atoms with Gasteiger partial charge in [-0.1, -0.05) is 28.8 Å². The molecule has 134 valence electrons. The average molecular weight is 397 g/mol. The molecule has 3 aromatic rings. The molecule has 0 saturated carbocycles. The Morgan fingerprint density at radius 3 is 2.35 bits per heavy atom. The Balaban J connectivity index is 1.61. The largest absolute Gasteiger partial charge is 0.455 e. The van der Waals surface area contributed by atoms with Gasteiger partial charge in [0.25, 0.3) is 11.7 Å². The zero-order valence-electron chi connectivity index (χ0n) is 12.9. The van der Waals surface area contributed by atoms with E-state index in [1.165, 1.54) is 17.6 Å². The molecule has 5 nitrogen and oxygen atoms in total. The molecule has 0 bridgehead atoms. The molecule has 0 atom stereocenters. The second-order valence-electron chi connectivity index (χ2n) is 5.16. The van der Waals surface area contributed by atoms with Crippen LogP contribution in [-0.4, -0.2) is 27.5 Å². The number of ketones is 1. The Morgan fingerprint density at radius 1 is 1.04 bits per heavy atom. The number of benzene rings is 1. The van der Waals surface area contributed by atoms with Gasteiger partial charge in [-0.3, -0.25) is 9.59 Å². The van der Waals surface area contributed by atoms with E-state index >= 15 is 0 Å². The molecule has 0 spiro atoms. The monoisotopic (exact) mass is 397 g/mol. The fraction of sp³-hybridized carbons (Fsp3) is 0.125. The third kappa shape index (κ3) is 4.14. The van der Waals surface area contributed by atoms with E-state index in [1.54, 1.807) is 0 Å². The van der Waals surface area contributed by atoms with Crippen LogP contribution in [0, 0.1) is 0 Å². The molecule has 2 aromatic heterocycles. The standard InChI is InChI=1S/C16H10F3N3O2S2/c17-16(18,19)14(23)12-5-6-13(26-12)15(24)20-7-9-1-3-10(4-2-9)11-8-25-22-21-11/h1-6,8H,7H2,(H,20,24). The molecule has 0 radical (unpaired) electrons. The number of rotatable bonds is 5. The van der Waals surface area contributed by atoms with E-state index in [9.17, 15) is 22.8 Å². The van der Waals surface area contributed by atoms with Gasteiger partial charge >= 0.3 is 6.18 Å². The first-order chi connectivity index (χ1) is 12.3. The topological polar surface area (TPSA) is 72.0 Å². The van der Waals surface area contributed by atoms with E-state index in [-0.39, 0.29) is 11.4 Å². The molecule has 10 heteroatoms. The SMILES string of the molecule is O=C(NCc1ccc(-c2csnn2)cc1)c1ccc(C(=O)C(F)(F)F)s1. The molecule has 1 N–H and O–H groups in total. The van der Waals surface area contributed by atoms with E-state index in [2.05, 4.69) is 14.9 Å². The fourth-order valence-electron chi connectivity index (χ4n) is 2.07. The fourth-order valence-corrected chi connectivity index (χ4v) is 3.42. The van der Waals surface area contributed by atoms with Crippen molar-refractivity contribution in [3.05, 3.63) is 57.1 Å². The summed E-state index contributed by atoms with van der Waals surface area (Å²) in [6.45, 7) is 0.203. The van der Waals surface area contributed by atoms with Gasteiger partial charge in [0.1, 0.15) is 5.69 Å². The van der Waals surface area contributed by atoms with Crippen molar-refractivity contribution < 1.29 is 22.8 Å². The van der Waals surface area contributed by atoms with Gasteiger partial charge in [0.05, 0.1) is 9.75 Å². The maximum absolute atomic E-state index is 12.4. The Bertz CT molecular complexity index is 919. The number of thiophene rings is 1. The van der Waals surface area contributed by atoms with Crippen molar-refractivity contribution in [3.8, 4) is 11.3 Å². The molecule has 0 aliphatic heterocycles. The number of carbonyl (C=O) groups is 2. The summed E-state index contributed by atoms with van der Waals surface area (Å²) in [4.78, 5) is 22.7. The maximum Gasteiger partial charge on any atom is 0.455 e. The zero-order valence-corrected chi connectivity index (χ0v) is 14.5. The molecule has 0 aliphatic rings. The van der Waals surface area contributed by atoms with Gasteiger partial charge in [-0.15, -0.1) is 16.4 Å². The maximum atomic E-state index is 12.4. The first kappa shape index (κ1) is 18.2. The van der Waals surface area contributed by atoms with Crippen LogP contribution in [0.25, 0.3) is 11.3 Å². The van der Waals surface area contributed by atoms with Gasteiger partial charge in [0, 0.05) is 17.5 Å². The molecule has 1 amide bonds. The number of hydrogen-bond acceptors (Lipinski definition) is 6. The summed E-state index contributed by atoms with van der Waals surface area (Å²) in [6.07, 6.45) is -4.95. The van der Waals surface area contributed by atoms with Gasteiger partial charge in [0.2, 0.25) is 0 Å². The van der Waals surface area contributed by atoms with Crippen molar-refractivity contribution in [1.29, 1.82) is 0 Å². The second-order valence-corrected chi connectivity index (χ2v) is 6.85. The molecule has 0 aliphatic carbocycles. The van der Waals surface area contributed by atoms with Gasteiger partial charge in [-0.05, 0) is 29.2 Å². The normalized spacial score (nSPS) is 11.3. The predicted molar refractivity (Wildman–Crippen MR) is 91.2 cm³/mol. The summed E-state index contributed by atoms with van der Waals surface area (Å²) < 4.78 is 41.0. The minimum absolute atomic E-state index is 0.0442. The van der Waals surface area contributed by atoms with Crippen LogP contribution in [-0.2, 0) is 6.54 Å². The molecule has 0 fully saturated rings. The van der Waals surface area contributed by atoms with Crippen LogP contribution >= 0.6 is 22.9 Å². The third-order valence-electron chi connectivity index (χ3n) is 3.37. The van der Waals surface area contributed by atoms with Crippen LogP contribution in [0.1, 0.15) is 24.9 Å². The van der Waals surface area contributed by atoms with E-state index in [4.69, 9.17) is 0 Å². The summed E-state index contributed by atoms with van der Waals surface area (Å²) in [6, 6.07) is 9.50. The Hall–Kier alpha value is -2.59. The number of aromatic nitrogens is 2. The number of halogens is 3. The van der Waals surface area contributed by atoms with Crippen LogP contribution < -0.4 is 5.32 Å². The van der Waals surface area contributed by atoms with Crippen LogP contribution in [0.4, 0.5) is 13.2 Å². The number of Topliss-reactive ketones (excluding diaryl/α,β-unsaturated/α-hetero) is 1. The van der Waals surface area contributed by atoms with Gasteiger partial charge in [0.15, 0.2) is 0 Å². The Labute approximate surface area is 153 Å². The van der Waals surface area contributed by atoms with E-state index in [1.807, 2.05) is 29.6 Å². The number of hydrogen-bond donors (Lipinski definition) is 1. The third-order valence-corrected chi connectivity index (χ3v) is 4.96. The molecule has 3 rings (SSSR count). The summed E-state index contributed by atoms with van der Waals surface area (Å²) in [5, 5.41) is 8.38. The smallest absolute Gasteiger partial charge is 0.347 e. The molecule has 0 unspecified atom stereocenters. The number of carbonyl (C=O) groups excluding carboxylic acids is 2. The molecule has 0 saturated heterocycles. The van der Waals surface area contributed by atoms with Crippen LogP contribution in [0.3, 0.4) is 0 Å². The van der Waals surface area contributed by atoms with Gasteiger partial charge < -0.3 is 5.32 Å². The molecular formula is C16H10F3N3O2S2. The summed E-state index contributed by atoms with van der Waals surface area (Å²) in [5.74, 6) is -2.49. The minimum atomic E-state index is -4.95. The second kappa shape index (κ2) is 7.34. The number of nitrogens with one attached hydrogen (secondary N) is 1. The van der Waals surface area contributed by atoms with Crippen molar-refractivity contribution in [1.82, 2.24) is 14.9 Å². The Morgan fingerprint density at radius 2 is 1.73 bits per heavy atom. The van der Waals surface area contributed by atoms with Crippen molar-refractivity contribution in [2.75, 3.05) is 0 Å². The lowest BCUT2D eigenvalue weighted by atomic mass is 10.1. The summed E-state index contributed by atoms with van der Waals surface area (Å²) >= 11 is 1.76. The van der Waals surface area contributed by atoms with Crippen molar-refractivity contribution in [2.24, 2.45) is 0 Å². The van der Waals surface area contributed by atoms with Crippen molar-refractivity contribution in [2.45, 2.75) is 12.7 Å². The lowest BCUT2D eigenvalue weighted by molar-refractivity contribution is -0.0882. The summed E-state index contributed by atoms with van der Waals surface area (Å²) in [5.41, 5.74) is 2.46. The first-order valence-corrected chi connectivity index (χ1v) is 8.86. The molecule has 26 heavy (non-hydrogen) atoms. The number of nitrogens with zero attached hydrogens (tertiary/aromatic N) is 2. The Kier molecular flexibility index (Phi) is 5.14. The predicted octanol–water partition coefficient (Wildman–Crippen LogP) is 3.94. The lowest BCUT2D eigenvalue weighted by Gasteiger charge is -2.05. The highest BCUT2D eigenvalue weighted by Crippen LogP contribution is 2.26. The van der Waals surface area contributed by atoms with Crippen molar-refractivity contribution >= 4 is 34.6 Å². The molecular weight excluding hydrogens is 387 g/mol. The van der Waals surface area contributed by atoms with E-state index in [0.29, 0.717) is 11.3 Å². The van der Waals surface area contributed by atoms with Crippen molar-refractivity contribution in [3.63, 3.8) is 0 Å². The minimum Gasteiger partial charge on any atom is -0.347 e. The van der Waals surface area contributed by atoms with Gasteiger partial charge in [-0.2, -0.15) is 13.2 Å². The van der Waals surface area contributed by atoms with Crippen LogP contribution in [0.15, 0.2) is 41.8 Å². The lowest BCUT2D eigenvalue weighted by Crippen LogP contribution is -2.22. The van der Waals surface area contributed by atoms with Gasteiger partial charge in [-0.25, -0.2) is 0 Å². The highest BCUT2D eigenvalue weighted by atomic mass is 32.1. The zero-order chi connectivity index (χ0) is 18.7. The quantitative estimate of drug-likeness (QED) is 0.662. The highest BCUT2D eigenvalue weighted by Gasteiger charge is 2.40. The van der Waals surface area contributed by atoms with E-state index in [0.717, 1.165) is 22.9 Å². The first-order valence-electron chi connectivity index (χ1n) is 7.20. The average Bonchev–Trinajstić information content (AvgIpc) is 3.30. The van der Waals surface area contributed by atoms with Crippen LogP contribution in [0.5, 0.6) is 0 Å². The molecule has 1 aromatic carbocycles. The summed E-state index contributed by atoms with van der Waals surface area (Å²) in [7, 11) is 0. The molecule has 2 heterocycles. The highest BCUT2D eigenvalue weighted by molar-refractivity contribution is 7.16. The number of amides is 1.